The summed E-state index contributed by atoms with van der Waals surface area (Å²) in [6.07, 6.45) is 6.11. The Hall–Kier alpha value is -4.07. The fourth-order valence-corrected chi connectivity index (χ4v) is 8.06. The molecule has 0 spiro atoms. The highest BCUT2D eigenvalue weighted by Gasteiger charge is 2.33. The maximum absolute atomic E-state index is 12.3. The highest BCUT2D eigenvalue weighted by Crippen LogP contribution is 2.37. The predicted molar refractivity (Wildman–Crippen MR) is 175 cm³/mol. The van der Waals surface area contributed by atoms with Gasteiger partial charge in [0, 0.05) is 49.8 Å². The van der Waals surface area contributed by atoms with Crippen LogP contribution in [-0.4, -0.2) is 92.4 Å². The van der Waals surface area contributed by atoms with Gasteiger partial charge >= 0.3 is 0 Å². The SMILES string of the molecule is CCS(=O)(=O)N1CCN(C2CCC(n3nc(-c4ccc5nc(Cc6ccccc6OC)[nH]c5c4)c4c(N)ncnc43)CC2)CC1. The first-order valence-corrected chi connectivity index (χ1v) is 17.3. The zero-order chi connectivity index (χ0) is 31.1. The number of ether oxygens (including phenoxy) is 1. The summed E-state index contributed by atoms with van der Waals surface area (Å²) in [6.45, 7) is 4.42. The van der Waals surface area contributed by atoms with E-state index in [-0.39, 0.29) is 11.8 Å². The lowest BCUT2D eigenvalue weighted by molar-refractivity contribution is 0.0986. The molecule has 1 aliphatic heterocycles. The van der Waals surface area contributed by atoms with Gasteiger partial charge in [0.1, 0.15) is 29.4 Å². The Morgan fingerprint density at radius 2 is 1.76 bits per heavy atom. The van der Waals surface area contributed by atoms with Gasteiger partial charge in [-0.25, -0.2) is 28.1 Å². The number of sulfonamides is 1. The second-order valence-electron chi connectivity index (χ2n) is 12.0. The van der Waals surface area contributed by atoms with E-state index in [2.05, 4.69) is 30.6 Å². The molecule has 2 aromatic carbocycles. The molecule has 1 aliphatic carbocycles. The number of nitrogens with two attached hydrogens (primary N) is 1. The summed E-state index contributed by atoms with van der Waals surface area (Å²) in [6, 6.07) is 14.7. The Balaban J connectivity index is 1.11. The molecular formula is C32H39N9O3S. The molecule has 0 atom stereocenters. The molecule has 12 nitrogen and oxygen atoms in total. The summed E-state index contributed by atoms with van der Waals surface area (Å²) >= 11 is 0. The van der Waals surface area contributed by atoms with Crippen LogP contribution in [0.3, 0.4) is 0 Å². The third-order valence-electron chi connectivity index (χ3n) is 9.43. The summed E-state index contributed by atoms with van der Waals surface area (Å²) in [4.78, 5) is 19.7. The van der Waals surface area contributed by atoms with E-state index in [1.807, 2.05) is 36.4 Å². The van der Waals surface area contributed by atoms with Crippen LogP contribution in [0.2, 0.25) is 0 Å². The molecule has 0 radical (unpaired) electrons. The predicted octanol–water partition coefficient (Wildman–Crippen LogP) is 4.00. The summed E-state index contributed by atoms with van der Waals surface area (Å²) in [5.41, 5.74) is 11.8. The number of H-pyrrole nitrogens is 1. The Morgan fingerprint density at radius 3 is 2.51 bits per heavy atom. The number of piperazine rings is 1. The Bertz CT molecular complexity index is 1940. The smallest absolute Gasteiger partial charge is 0.213 e. The number of benzene rings is 2. The van der Waals surface area contributed by atoms with Crippen molar-refractivity contribution in [2.24, 2.45) is 0 Å². The number of aromatic amines is 1. The van der Waals surface area contributed by atoms with Crippen molar-refractivity contribution in [2.75, 3.05) is 44.8 Å². The maximum atomic E-state index is 12.3. The van der Waals surface area contributed by atoms with Crippen LogP contribution in [0.4, 0.5) is 5.82 Å². The number of aromatic nitrogens is 6. The number of nitrogens with zero attached hydrogens (tertiary/aromatic N) is 7. The molecule has 5 aromatic rings. The highest BCUT2D eigenvalue weighted by molar-refractivity contribution is 7.89. The number of imidazole rings is 1. The van der Waals surface area contributed by atoms with E-state index >= 15 is 0 Å². The average Bonchev–Trinajstić information content (AvgIpc) is 3.67. The number of hydrogen-bond acceptors (Lipinski definition) is 9. The number of nitrogens with one attached hydrogen (secondary N) is 1. The standard InChI is InChI=1S/C32H39N9O3S/c1-3-45(42,43)40-16-14-39(15-17-40)23-9-11-24(12-10-23)41-32-29(31(33)34-20-35-32)30(38-41)22-8-13-25-26(18-22)37-28(36-25)19-21-6-4-5-7-27(21)44-2/h4-8,13,18,20,23-24H,3,9-12,14-17,19H2,1-2H3,(H,36,37)(H2,33,34,35). The fourth-order valence-electron chi connectivity index (χ4n) is 6.97. The maximum Gasteiger partial charge on any atom is 0.213 e. The molecule has 3 N–H and O–H groups in total. The van der Waals surface area contributed by atoms with E-state index in [9.17, 15) is 8.42 Å². The van der Waals surface area contributed by atoms with Crippen LogP contribution in [0.25, 0.3) is 33.3 Å². The number of nitrogen functional groups attached to an aromatic ring is 1. The lowest BCUT2D eigenvalue weighted by atomic mass is 9.90. The first-order valence-electron chi connectivity index (χ1n) is 15.7. The van der Waals surface area contributed by atoms with Crippen molar-refractivity contribution in [3.63, 3.8) is 0 Å². The molecule has 2 fully saturated rings. The summed E-state index contributed by atoms with van der Waals surface area (Å²) in [5.74, 6) is 2.27. The first kappa shape index (κ1) is 29.6. The zero-order valence-electron chi connectivity index (χ0n) is 25.7. The Labute approximate surface area is 262 Å². The van der Waals surface area contributed by atoms with E-state index in [4.69, 9.17) is 20.6 Å². The van der Waals surface area contributed by atoms with E-state index in [0.717, 1.165) is 89.2 Å². The van der Waals surface area contributed by atoms with Gasteiger partial charge in [0.05, 0.1) is 35.3 Å². The van der Waals surface area contributed by atoms with Crippen LogP contribution in [-0.2, 0) is 16.4 Å². The molecule has 0 unspecified atom stereocenters. The minimum Gasteiger partial charge on any atom is -0.496 e. The number of hydrogen-bond donors (Lipinski definition) is 2. The van der Waals surface area contributed by atoms with Crippen LogP contribution in [0.5, 0.6) is 5.75 Å². The monoisotopic (exact) mass is 629 g/mol. The minimum absolute atomic E-state index is 0.159. The molecule has 236 valence electrons. The van der Waals surface area contributed by atoms with E-state index in [1.54, 1.807) is 18.3 Å². The Kier molecular flexibility index (Phi) is 7.92. The van der Waals surface area contributed by atoms with Crippen LogP contribution >= 0.6 is 0 Å². The second-order valence-corrected chi connectivity index (χ2v) is 14.2. The van der Waals surface area contributed by atoms with Crippen LogP contribution in [0, 0.1) is 0 Å². The molecule has 1 saturated heterocycles. The van der Waals surface area contributed by atoms with Gasteiger partial charge in [-0.1, -0.05) is 24.3 Å². The topological polar surface area (TPSA) is 148 Å². The number of methoxy groups -OCH3 is 1. The van der Waals surface area contributed by atoms with Crippen molar-refractivity contribution in [3.8, 4) is 17.0 Å². The van der Waals surface area contributed by atoms with Crippen LogP contribution < -0.4 is 10.5 Å². The molecular weight excluding hydrogens is 590 g/mol. The molecule has 4 heterocycles. The van der Waals surface area contributed by atoms with E-state index in [0.29, 0.717) is 31.4 Å². The van der Waals surface area contributed by atoms with Gasteiger partial charge in [-0.3, -0.25) is 4.90 Å². The van der Waals surface area contributed by atoms with Crippen molar-refractivity contribution in [3.05, 3.63) is 60.2 Å². The van der Waals surface area contributed by atoms with Crippen LogP contribution in [0.15, 0.2) is 48.8 Å². The van der Waals surface area contributed by atoms with E-state index < -0.39 is 10.0 Å². The largest absolute Gasteiger partial charge is 0.496 e. The molecule has 1 saturated carbocycles. The van der Waals surface area contributed by atoms with Gasteiger partial charge in [-0.15, -0.1) is 0 Å². The quantitative estimate of drug-likeness (QED) is 0.260. The van der Waals surface area contributed by atoms with E-state index in [1.165, 1.54) is 6.33 Å². The van der Waals surface area contributed by atoms with Gasteiger partial charge in [-0.2, -0.15) is 9.40 Å². The fraction of sp³-hybridized carbons (Fsp3) is 0.438. The zero-order valence-corrected chi connectivity index (χ0v) is 26.5. The number of fused-ring (bicyclic) bond motifs is 2. The minimum atomic E-state index is -3.13. The average molecular weight is 630 g/mol. The third-order valence-corrected chi connectivity index (χ3v) is 11.3. The number of rotatable bonds is 8. The lowest BCUT2D eigenvalue weighted by Gasteiger charge is -2.41. The summed E-state index contributed by atoms with van der Waals surface area (Å²) in [7, 11) is -1.45. The molecule has 7 rings (SSSR count). The van der Waals surface area contributed by atoms with Crippen molar-refractivity contribution in [2.45, 2.75) is 51.1 Å². The van der Waals surface area contributed by atoms with Gasteiger partial charge in [-0.05, 0) is 50.8 Å². The normalized spacial score (nSPS) is 20.2. The lowest BCUT2D eigenvalue weighted by Crippen LogP contribution is -2.52. The van der Waals surface area contributed by atoms with Crippen molar-refractivity contribution in [1.29, 1.82) is 0 Å². The van der Waals surface area contributed by atoms with Gasteiger partial charge in [0.15, 0.2) is 5.65 Å². The molecule has 3 aromatic heterocycles. The first-order chi connectivity index (χ1) is 21.8. The summed E-state index contributed by atoms with van der Waals surface area (Å²) < 4.78 is 33.8. The van der Waals surface area contributed by atoms with Gasteiger partial charge in [0.2, 0.25) is 10.0 Å². The molecule has 0 bridgehead atoms. The Morgan fingerprint density at radius 1 is 1.00 bits per heavy atom. The third kappa shape index (κ3) is 5.64. The molecule has 45 heavy (non-hydrogen) atoms. The number of para-hydroxylation sites is 1. The highest BCUT2D eigenvalue weighted by atomic mass is 32.2. The molecule has 2 aliphatic rings. The molecule has 13 heteroatoms. The van der Waals surface area contributed by atoms with Crippen molar-refractivity contribution < 1.29 is 13.2 Å². The van der Waals surface area contributed by atoms with Crippen LogP contribution in [0.1, 0.15) is 50.0 Å². The van der Waals surface area contributed by atoms with Gasteiger partial charge in [0.25, 0.3) is 0 Å². The van der Waals surface area contributed by atoms with Gasteiger partial charge < -0.3 is 15.5 Å². The van der Waals surface area contributed by atoms with Crippen molar-refractivity contribution in [1.82, 2.24) is 38.9 Å². The number of anilines is 1. The molecule has 0 amide bonds. The second kappa shape index (κ2) is 12.0. The van der Waals surface area contributed by atoms with Crippen molar-refractivity contribution >= 4 is 37.9 Å². The summed E-state index contributed by atoms with van der Waals surface area (Å²) in [5, 5.41) is 5.89.